The SMILES string of the molecule is CCCC1(Cc2ccccc2)CCC(=O)CC1. The van der Waals surface area contributed by atoms with Gasteiger partial charge in [-0.3, -0.25) is 4.79 Å². The second kappa shape index (κ2) is 5.48. The Morgan fingerprint density at radius 3 is 2.35 bits per heavy atom. The van der Waals surface area contributed by atoms with E-state index < -0.39 is 0 Å². The molecule has 0 N–H and O–H groups in total. The minimum atomic E-state index is 0.393. The molecular formula is C16H22O. The number of hydrogen-bond acceptors (Lipinski definition) is 1. The minimum Gasteiger partial charge on any atom is -0.300 e. The zero-order chi connectivity index (χ0) is 12.1. The summed E-state index contributed by atoms with van der Waals surface area (Å²) in [6, 6.07) is 10.7. The maximum absolute atomic E-state index is 11.4. The highest BCUT2D eigenvalue weighted by molar-refractivity contribution is 5.79. The van der Waals surface area contributed by atoms with Gasteiger partial charge in [0.15, 0.2) is 0 Å². The third-order valence-corrected chi connectivity index (χ3v) is 4.07. The van der Waals surface area contributed by atoms with Crippen LogP contribution in [0.1, 0.15) is 51.0 Å². The molecule has 1 saturated carbocycles. The number of ketones is 1. The quantitative estimate of drug-likeness (QED) is 0.759. The highest BCUT2D eigenvalue weighted by atomic mass is 16.1. The van der Waals surface area contributed by atoms with E-state index >= 15 is 0 Å². The van der Waals surface area contributed by atoms with Gasteiger partial charge in [0.05, 0.1) is 0 Å². The first-order valence-corrected chi connectivity index (χ1v) is 6.80. The van der Waals surface area contributed by atoms with Crippen LogP contribution in [0.2, 0.25) is 0 Å². The molecule has 1 heteroatoms. The van der Waals surface area contributed by atoms with Crippen LogP contribution in [-0.2, 0) is 11.2 Å². The van der Waals surface area contributed by atoms with E-state index in [1.165, 1.54) is 18.4 Å². The van der Waals surface area contributed by atoms with Crippen molar-refractivity contribution < 1.29 is 4.79 Å². The van der Waals surface area contributed by atoms with Gasteiger partial charge in [0.2, 0.25) is 0 Å². The van der Waals surface area contributed by atoms with Crippen LogP contribution in [0.5, 0.6) is 0 Å². The minimum absolute atomic E-state index is 0.393. The van der Waals surface area contributed by atoms with E-state index in [4.69, 9.17) is 0 Å². The predicted molar refractivity (Wildman–Crippen MR) is 71.0 cm³/mol. The van der Waals surface area contributed by atoms with Gasteiger partial charge in [0.25, 0.3) is 0 Å². The van der Waals surface area contributed by atoms with E-state index in [1.807, 2.05) is 0 Å². The van der Waals surface area contributed by atoms with Gasteiger partial charge < -0.3 is 0 Å². The fraction of sp³-hybridized carbons (Fsp3) is 0.562. The molecule has 0 aromatic heterocycles. The van der Waals surface area contributed by atoms with Crippen molar-refractivity contribution in [3.05, 3.63) is 35.9 Å². The molecule has 0 unspecified atom stereocenters. The van der Waals surface area contributed by atoms with Crippen LogP contribution in [0.4, 0.5) is 0 Å². The molecule has 1 fully saturated rings. The molecule has 0 heterocycles. The summed E-state index contributed by atoms with van der Waals surface area (Å²) in [5.74, 6) is 0.463. The Kier molecular flexibility index (Phi) is 3.98. The molecular weight excluding hydrogens is 208 g/mol. The smallest absolute Gasteiger partial charge is 0.132 e. The van der Waals surface area contributed by atoms with Crippen molar-refractivity contribution in [1.29, 1.82) is 0 Å². The Labute approximate surface area is 104 Å². The van der Waals surface area contributed by atoms with Crippen molar-refractivity contribution >= 4 is 5.78 Å². The fourth-order valence-corrected chi connectivity index (χ4v) is 3.13. The lowest BCUT2D eigenvalue weighted by molar-refractivity contribution is -0.122. The normalized spacial score (nSPS) is 19.2. The van der Waals surface area contributed by atoms with Crippen molar-refractivity contribution in [2.24, 2.45) is 5.41 Å². The van der Waals surface area contributed by atoms with E-state index in [9.17, 15) is 4.79 Å². The summed E-state index contributed by atoms with van der Waals surface area (Å²) in [5.41, 5.74) is 1.82. The Morgan fingerprint density at radius 2 is 1.76 bits per heavy atom. The van der Waals surface area contributed by atoms with Gasteiger partial charge in [-0.05, 0) is 36.7 Å². The van der Waals surface area contributed by atoms with Crippen LogP contribution in [0.3, 0.4) is 0 Å². The van der Waals surface area contributed by atoms with Crippen molar-refractivity contribution in [2.45, 2.75) is 51.9 Å². The van der Waals surface area contributed by atoms with E-state index in [0.717, 1.165) is 32.1 Å². The van der Waals surface area contributed by atoms with Gasteiger partial charge in [-0.15, -0.1) is 0 Å². The Bertz CT molecular complexity index is 356. The topological polar surface area (TPSA) is 17.1 Å². The zero-order valence-corrected chi connectivity index (χ0v) is 10.7. The third kappa shape index (κ3) is 3.18. The summed E-state index contributed by atoms with van der Waals surface area (Å²) < 4.78 is 0. The zero-order valence-electron chi connectivity index (χ0n) is 10.7. The molecule has 1 nitrogen and oxygen atoms in total. The van der Waals surface area contributed by atoms with Gasteiger partial charge in [0, 0.05) is 12.8 Å². The van der Waals surface area contributed by atoms with Crippen molar-refractivity contribution in [2.75, 3.05) is 0 Å². The maximum atomic E-state index is 11.4. The Balaban J connectivity index is 2.09. The monoisotopic (exact) mass is 230 g/mol. The molecule has 2 rings (SSSR count). The molecule has 0 radical (unpaired) electrons. The molecule has 0 atom stereocenters. The lowest BCUT2D eigenvalue weighted by Gasteiger charge is -2.37. The predicted octanol–water partition coefficient (Wildman–Crippen LogP) is 4.16. The van der Waals surface area contributed by atoms with Crippen LogP contribution in [-0.4, -0.2) is 5.78 Å². The van der Waals surface area contributed by atoms with Gasteiger partial charge in [-0.1, -0.05) is 43.7 Å². The van der Waals surface area contributed by atoms with Crippen molar-refractivity contribution in [3.8, 4) is 0 Å². The van der Waals surface area contributed by atoms with Crippen LogP contribution >= 0.6 is 0 Å². The van der Waals surface area contributed by atoms with E-state index in [2.05, 4.69) is 37.3 Å². The van der Waals surface area contributed by atoms with Gasteiger partial charge in [-0.2, -0.15) is 0 Å². The summed E-state index contributed by atoms with van der Waals surface area (Å²) in [7, 11) is 0. The standard InChI is InChI=1S/C16H22O/c1-2-10-16(11-8-15(17)9-12-16)13-14-6-4-3-5-7-14/h3-7H,2,8-13H2,1H3. The van der Waals surface area contributed by atoms with Gasteiger partial charge in [0.1, 0.15) is 5.78 Å². The maximum Gasteiger partial charge on any atom is 0.132 e. The highest BCUT2D eigenvalue weighted by Gasteiger charge is 2.33. The lowest BCUT2D eigenvalue weighted by Crippen LogP contribution is -2.29. The summed E-state index contributed by atoms with van der Waals surface area (Å²) in [4.78, 5) is 11.4. The fourth-order valence-electron chi connectivity index (χ4n) is 3.13. The van der Waals surface area contributed by atoms with E-state index in [0.29, 0.717) is 11.2 Å². The number of carbonyl (C=O) groups excluding carboxylic acids is 1. The number of benzene rings is 1. The molecule has 1 aromatic carbocycles. The molecule has 17 heavy (non-hydrogen) atoms. The number of hydrogen-bond donors (Lipinski definition) is 0. The average molecular weight is 230 g/mol. The molecule has 1 aromatic rings. The van der Waals surface area contributed by atoms with Crippen LogP contribution in [0.15, 0.2) is 30.3 Å². The first kappa shape index (κ1) is 12.3. The largest absolute Gasteiger partial charge is 0.300 e. The van der Waals surface area contributed by atoms with Crippen LogP contribution < -0.4 is 0 Å². The summed E-state index contributed by atoms with van der Waals surface area (Å²) >= 11 is 0. The molecule has 0 aliphatic heterocycles. The number of rotatable bonds is 4. The van der Waals surface area contributed by atoms with E-state index in [1.54, 1.807) is 0 Å². The summed E-state index contributed by atoms with van der Waals surface area (Å²) in [6.45, 7) is 2.25. The summed E-state index contributed by atoms with van der Waals surface area (Å²) in [6.07, 6.45) is 7.41. The lowest BCUT2D eigenvalue weighted by atomic mass is 9.67. The molecule has 1 aliphatic rings. The van der Waals surface area contributed by atoms with Gasteiger partial charge >= 0.3 is 0 Å². The molecule has 92 valence electrons. The Morgan fingerprint density at radius 1 is 1.12 bits per heavy atom. The first-order chi connectivity index (χ1) is 8.24. The van der Waals surface area contributed by atoms with Crippen LogP contribution in [0.25, 0.3) is 0 Å². The Hall–Kier alpha value is -1.11. The van der Waals surface area contributed by atoms with E-state index in [-0.39, 0.29) is 0 Å². The first-order valence-electron chi connectivity index (χ1n) is 6.80. The van der Waals surface area contributed by atoms with Crippen molar-refractivity contribution in [1.82, 2.24) is 0 Å². The van der Waals surface area contributed by atoms with Gasteiger partial charge in [-0.25, -0.2) is 0 Å². The molecule has 0 saturated heterocycles. The summed E-state index contributed by atoms with van der Waals surface area (Å²) in [5, 5.41) is 0. The highest BCUT2D eigenvalue weighted by Crippen LogP contribution is 2.41. The molecule has 0 spiro atoms. The second-order valence-corrected chi connectivity index (χ2v) is 5.45. The van der Waals surface area contributed by atoms with Crippen LogP contribution in [0, 0.1) is 5.41 Å². The number of Topliss-reactive ketones (excluding diaryl/α,β-unsaturated/α-hetero) is 1. The molecule has 0 amide bonds. The average Bonchev–Trinajstić information content (AvgIpc) is 2.35. The second-order valence-electron chi connectivity index (χ2n) is 5.45. The molecule has 0 bridgehead atoms. The van der Waals surface area contributed by atoms with Crippen molar-refractivity contribution in [3.63, 3.8) is 0 Å². The third-order valence-electron chi connectivity index (χ3n) is 4.07. The molecule has 1 aliphatic carbocycles. The number of carbonyl (C=O) groups is 1.